The number of anilines is 2. The maximum atomic E-state index is 13.2. The first-order valence-electron chi connectivity index (χ1n) is 9.43. The highest BCUT2D eigenvalue weighted by Crippen LogP contribution is 2.44. The molecule has 1 amide bonds. The molecular weight excluding hydrogens is 354 g/mol. The van der Waals surface area contributed by atoms with Crippen LogP contribution in [0.3, 0.4) is 0 Å². The van der Waals surface area contributed by atoms with Gasteiger partial charge in [0.1, 0.15) is 0 Å². The van der Waals surface area contributed by atoms with Crippen LogP contribution in [0.1, 0.15) is 23.7 Å². The van der Waals surface area contributed by atoms with Gasteiger partial charge in [0.2, 0.25) is 5.91 Å². The minimum atomic E-state index is -0.298. The Morgan fingerprint density at radius 3 is 2.89 bits per heavy atom. The third-order valence-electron chi connectivity index (χ3n) is 5.84. The fourth-order valence-electron chi connectivity index (χ4n) is 4.27. The maximum absolute atomic E-state index is 13.2. The van der Waals surface area contributed by atoms with Gasteiger partial charge < -0.3 is 10.2 Å². The van der Waals surface area contributed by atoms with Gasteiger partial charge in [-0.2, -0.15) is 5.10 Å². The van der Waals surface area contributed by atoms with Crippen LogP contribution in [0.5, 0.6) is 0 Å². The van der Waals surface area contributed by atoms with Gasteiger partial charge in [0.25, 0.3) is 0 Å². The third-order valence-corrected chi connectivity index (χ3v) is 5.84. The lowest BCUT2D eigenvalue weighted by Crippen LogP contribution is -2.36. The van der Waals surface area contributed by atoms with Crippen LogP contribution in [0.25, 0.3) is 11.3 Å². The Labute approximate surface area is 162 Å². The minimum Gasteiger partial charge on any atom is -0.370 e. The van der Waals surface area contributed by atoms with Gasteiger partial charge in [-0.05, 0) is 31.4 Å². The number of amides is 1. The average molecular weight is 375 g/mol. The van der Waals surface area contributed by atoms with E-state index >= 15 is 0 Å². The molecule has 1 fully saturated rings. The summed E-state index contributed by atoms with van der Waals surface area (Å²) >= 11 is 0. The summed E-state index contributed by atoms with van der Waals surface area (Å²) in [5, 5.41) is 7.25. The van der Waals surface area contributed by atoms with Crippen molar-refractivity contribution >= 4 is 17.4 Å². The standard InChI is InChI=1S/C20H21N7O/c1-12-14(9-23-26(12)2)15-3-4-16-19(24-15)18(13-5-8-27(16)11-13)20(28)25-17-10-21-6-7-22-17/h3-4,6-7,9-10,13,18H,5,8,11H2,1-2H3,(H,22,25,28)/t13-,18?/m0/s1. The fourth-order valence-corrected chi connectivity index (χ4v) is 4.27. The number of aromatic nitrogens is 5. The highest BCUT2D eigenvalue weighted by molar-refractivity contribution is 5.96. The summed E-state index contributed by atoms with van der Waals surface area (Å²) < 4.78 is 1.84. The number of carbonyl (C=O) groups is 1. The van der Waals surface area contributed by atoms with Crippen LogP contribution in [0.4, 0.5) is 11.5 Å². The smallest absolute Gasteiger partial charge is 0.235 e. The number of aryl methyl sites for hydroxylation is 1. The Hall–Kier alpha value is -3.29. The molecular formula is C20H21N7O. The topological polar surface area (TPSA) is 88.8 Å². The summed E-state index contributed by atoms with van der Waals surface area (Å²) in [5.41, 5.74) is 4.79. The Morgan fingerprint density at radius 2 is 2.14 bits per heavy atom. The Bertz CT molecular complexity index is 1050. The molecule has 5 heterocycles. The monoisotopic (exact) mass is 375 g/mol. The van der Waals surface area contributed by atoms with Gasteiger partial charge in [0.15, 0.2) is 5.82 Å². The molecule has 0 radical (unpaired) electrons. The molecule has 8 nitrogen and oxygen atoms in total. The second kappa shape index (κ2) is 6.40. The van der Waals surface area contributed by atoms with Crippen molar-refractivity contribution in [2.75, 3.05) is 23.3 Å². The molecule has 8 heteroatoms. The quantitative estimate of drug-likeness (QED) is 0.755. The predicted octanol–water partition coefficient (Wildman–Crippen LogP) is 2.14. The van der Waals surface area contributed by atoms with Gasteiger partial charge >= 0.3 is 0 Å². The summed E-state index contributed by atoms with van der Waals surface area (Å²) in [6, 6.07) is 4.12. The molecule has 0 aromatic carbocycles. The van der Waals surface area contributed by atoms with Crippen molar-refractivity contribution in [1.82, 2.24) is 24.7 Å². The fraction of sp³-hybridized carbons (Fsp3) is 0.350. The van der Waals surface area contributed by atoms with Gasteiger partial charge in [0, 0.05) is 43.8 Å². The zero-order chi connectivity index (χ0) is 19.3. The van der Waals surface area contributed by atoms with Crippen molar-refractivity contribution in [1.29, 1.82) is 0 Å². The molecule has 0 aliphatic carbocycles. The highest BCUT2D eigenvalue weighted by atomic mass is 16.2. The van der Waals surface area contributed by atoms with Gasteiger partial charge in [-0.1, -0.05) is 0 Å². The molecule has 2 aliphatic rings. The highest BCUT2D eigenvalue weighted by Gasteiger charge is 2.43. The van der Waals surface area contributed by atoms with Crippen LogP contribution in [0.15, 0.2) is 36.9 Å². The largest absolute Gasteiger partial charge is 0.370 e. The van der Waals surface area contributed by atoms with Crippen molar-refractivity contribution in [3.8, 4) is 11.3 Å². The Balaban J connectivity index is 1.55. The summed E-state index contributed by atoms with van der Waals surface area (Å²) in [5.74, 6) is 0.351. The number of carbonyl (C=O) groups excluding carboxylic acids is 1. The molecule has 3 aromatic heterocycles. The van der Waals surface area contributed by atoms with Crippen molar-refractivity contribution in [2.24, 2.45) is 13.0 Å². The number of hydrogen-bond donors (Lipinski definition) is 1. The van der Waals surface area contributed by atoms with E-state index < -0.39 is 0 Å². The van der Waals surface area contributed by atoms with Gasteiger partial charge in [0.05, 0.1) is 35.4 Å². The number of hydrogen-bond acceptors (Lipinski definition) is 6. The number of nitrogens with zero attached hydrogens (tertiary/aromatic N) is 6. The van der Waals surface area contributed by atoms with Crippen LogP contribution in [-0.2, 0) is 11.8 Å². The van der Waals surface area contributed by atoms with Crippen molar-refractivity contribution < 1.29 is 4.79 Å². The second-order valence-corrected chi connectivity index (χ2v) is 7.42. The SMILES string of the molecule is Cc1c(-c2ccc3c(n2)C(C(=O)Nc2cnccn2)[C@H]2CCN3C2)cnn1C. The van der Waals surface area contributed by atoms with E-state index in [1.54, 1.807) is 18.6 Å². The zero-order valence-electron chi connectivity index (χ0n) is 15.8. The second-order valence-electron chi connectivity index (χ2n) is 7.42. The lowest BCUT2D eigenvalue weighted by Gasteiger charge is -2.32. The first-order chi connectivity index (χ1) is 13.6. The zero-order valence-corrected chi connectivity index (χ0v) is 15.8. The molecule has 0 saturated carbocycles. The van der Waals surface area contributed by atoms with Crippen molar-refractivity contribution in [2.45, 2.75) is 19.3 Å². The van der Waals surface area contributed by atoms with E-state index in [1.165, 1.54) is 0 Å². The van der Waals surface area contributed by atoms with E-state index in [0.717, 1.165) is 47.8 Å². The summed E-state index contributed by atoms with van der Waals surface area (Å²) in [6.07, 6.45) is 7.53. The number of rotatable bonds is 3. The Kier molecular flexibility index (Phi) is 3.85. The van der Waals surface area contributed by atoms with Crippen LogP contribution in [0, 0.1) is 12.8 Å². The van der Waals surface area contributed by atoms with Crippen LogP contribution < -0.4 is 10.2 Å². The average Bonchev–Trinajstić information content (AvgIpc) is 3.27. The van der Waals surface area contributed by atoms with E-state index in [2.05, 4.69) is 31.3 Å². The first kappa shape index (κ1) is 16.9. The van der Waals surface area contributed by atoms with E-state index in [0.29, 0.717) is 5.82 Å². The lowest BCUT2D eigenvalue weighted by molar-refractivity contribution is -0.118. The van der Waals surface area contributed by atoms with Gasteiger partial charge in [-0.3, -0.25) is 14.5 Å². The van der Waals surface area contributed by atoms with Crippen molar-refractivity contribution in [3.05, 3.63) is 48.3 Å². The van der Waals surface area contributed by atoms with E-state index in [1.807, 2.05) is 30.9 Å². The summed E-state index contributed by atoms with van der Waals surface area (Å²) in [4.78, 5) is 28.7. The molecule has 2 bridgehead atoms. The molecule has 28 heavy (non-hydrogen) atoms. The van der Waals surface area contributed by atoms with Gasteiger partial charge in [-0.15, -0.1) is 0 Å². The van der Waals surface area contributed by atoms with Crippen LogP contribution in [-0.4, -0.2) is 43.7 Å². The molecule has 142 valence electrons. The minimum absolute atomic E-state index is 0.0686. The van der Waals surface area contributed by atoms with E-state index in [4.69, 9.17) is 4.98 Å². The third kappa shape index (κ3) is 2.64. The summed E-state index contributed by atoms with van der Waals surface area (Å²) in [6.45, 7) is 3.87. The van der Waals surface area contributed by atoms with Crippen molar-refractivity contribution in [3.63, 3.8) is 0 Å². The number of pyridine rings is 1. The van der Waals surface area contributed by atoms with E-state index in [-0.39, 0.29) is 17.7 Å². The maximum Gasteiger partial charge on any atom is 0.235 e. The molecule has 1 N–H and O–H groups in total. The number of nitrogens with one attached hydrogen (secondary N) is 1. The molecule has 1 saturated heterocycles. The molecule has 2 aliphatic heterocycles. The lowest BCUT2D eigenvalue weighted by atomic mass is 9.84. The molecule has 0 spiro atoms. The van der Waals surface area contributed by atoms with Gasteiger partial charge in [-0.25, -0.2) is 9.97 Å². The Morgan fingerprint density at radius 1 is 1.25 bits per heavy atom. The molecule has 1 unspecified atom stereocenters. The number of fused-ring (bicyclic) bond motifs is 4. The molecule has 2 atom stereocenters. The summed E-state index contributed by atoms with van der Waals surface area (Å²) in [7, 11) is 1.92. The predicted molar refractivity (Wildman–Crippen MR) is 105 cm³/mol. The first-order valence-corrected chi connectivity index (χ1v) is 9.43. The normalized spacial score (nSPS) is 20.1. The van der Waals surface area contributed by atoms with Crippen LogP contribution in [0.2, 0.25) is 0 Å². The van der Waals surface area contributed by atoms with Crippen LogP contribution >= 0.6 is 0 Å². The molecule has 5 rings (SSSR count). The van der Waals surface area contributed by atoms with E-state index in [9.17, 15) is 4.79 Å². The molecule has 3 aromatic rings.